The molecule has 2 aromatic carbocycles. The molecule has 3 aromatic rings. The van der Waals surface area contributed by atoms with Crippen molar-refractivity contribution in [3.63, 3.8) is 0 Å². The summed E-state index contributed by atoms with van der Waals surface area (Å²) in [5.74, 6) is 1.63. The summed E-state index contributed by atoms with van der Waals surface area (Å²) in [4.78, 5) is 5.98. The lowest BCUT2D eigenvalue weighted by Gasteiger charge is -2.37. The number of aromatic amines is 1. The maximum absolute atomic E-state index is 5.58. The maximum Gasteiger partial charge on any atom is 0.161 e. The van der Waals surface area contributed by atoms with Crippen LogP contribution in [0.15, 0.2) is 42.6 Å². The molecule has 136 valence electrons. The number of benzene rings is 2. The quantitative estimate of drug-likeness (QED) is 0.743. The van der Waals surface area contributed by atoms with Crippen LogP contribution in [0.25, 0.3) is 10.9 Å². The fourth-order valence-corrected chi connectivity index (χ4v) is 4.21. The van der Waals surface area contributed by atoms with Crippen LogP contribution < -0.4 is 9.47 Å². The van der Waals surface area contributed by atoms with Gasteiger partial charge in [-0.1, -0.05) is 25.1 Å². The molecule has 2 heterocycles. The number of H-pyrrole nitrogens is 1. The van der Waals surface area contributed by atoms with Gasteiger partial charge < -0.3 is 14.5 Å². The molecule has 1 aliphatic rings. The number of ether oxygens (including phenoxy) is 2. The van der Waals surface area contributed by atoms with Crippen LogP contribution in [0.4, 0.5) is 0 Å². The molecule has 4 nitrogen and oxygen atoms in total. The third kappa shape index (κ3) is 2.84. The minimum atomic E-state index is 0.350. The van der Waals surface area contributed by atoms with Crippen molar-refractivity contribution in [3.8, 4) is 11.5 Å². The van der Waals surface area contributed by atoms with Gasteiger partial charge >= 0.3 is 0 Å². The zero-order chi connectivity index (χ0) is 18.1. The Labute approximate surface area is 154 Å². The third-order valence-electron chi connectivity index (χ3n) is 5.61. The van der Waals surface area contributed by atoms with Crippen LogP contribution in [-0.2, 0) is 12.8 Å². The van der Waals surface area contributed by atoms with E-state index in [2.05, 4.69) is 59.4 Å². The van der Waals surface area contributed by atoms with Gasteiger partial charge in [0.25, 0.3) is 0 Å². The molecule has 26 heavy (non-hydrogen) atoms. The second-order valence-electron chi connectivity index (χ2n) is 6.86. The van der Waals surface area contributed by atoms with E-state index in [4.69, 9.17) is 9.47 Å². The Morgan fingerprint density at radius 3 is 2.65 bits per heavy atom. The average molecular weight is 350 g/mol. The van der Waals surface area contributed by atoms with E-state index in [9.17, 15) is 0 Å². The van der Waals surface area contributed by atoms with Crippen molar-refractivity contribution in [1.82, 2.24) is 9.88 Å². The van der Waals surface area contributed by atoms with E-state index in [1.165, 1.54) is 27.6 Å². The van der Waals surface area contributed by atoms with Gasteiger partial charge in [-0.3, -0.25) is 4.90 Å². The summed E-state index contributed by atoms with van der Waals surface area (Å²) < 4.78 is 11.1. The highest BCUT2D eigenvalue weighted by molar-refractivity contribution is 5.83. The van der Waals surface area contributed by atoms with Crippen LogP contribution >= 0.6 is 0 Å². The van der Waals surface area contributed by atoms with Gasteiger partial charge in [-0.2, -0.15) is 0 Å². The highest BCUT2D eigenvalue weighted by atomic mass is 16.5. The first-order valence-electron chi connectivity index (χ1n) is 9.29. The predicted molar refractivity (Wildman–Crippen MR) is 105 cm³/mol. The lowest BCUT2D eigenvalue weighted by molar-refractivity contribution is 0.193. The molecule has 1 atom stereocenters. The molecular formula is C22H26N2O2. The van der Waals surface area contributed by atoms with Crippen molar-refractivity contribution in [3.05, 3.63) is 59.3 Å². The number of para-hydroxylation sites is 1. The molecule has 0 spiro atoms. The molecule has 0 amide bonds. The number of aromatic nitrogens is 1. The van der Waals surface area contributed by atoms with E-state index in [0.717, 1.165) is 37.4 Å². The largest absolute Gasteiger partial charge is 0.493 e. The molecule has 1 N–H and O–H groups in total. The van der Waals surface area contributed by atoms with Crippen molar-refractivity contribution in [1.29, 1.82) is 0 Å². The van der Waals surface area contributed by atoms with Crippen LogP contribution in [0.1, 0.15) is 29.7 Å². The molecule has 0 saturated carbocycles. The molecule has 0 aliphatic carbocycles. The first-order valence-corrected chi connectivity index (χ1v) is 9.29. The fourth-order valence-electron chi connectivity index (χ4n) is 4.21. The van der Waals surface area contributed by atoms with Crippen molar-refractivity contribution < 1.29 is 9.47 Å². The summed E-state index contributed by atoms with van der Waals surface area (Å²) in [7, 11) is 3.41. The monoisotopic (exact) mass is 350 g/mol. The molecule has 0 bridgehead atoms. The smallest absolute Gasteiger partial charge is 0.161 e. The second-order valence-corrected chi connectivity index (χ2v) is 6.86. The van der Waals surface area contributed by atoms with E-state index in [1.807, 2.05) is 0 Å². The van der Waals surface area contributed by atoms with Gasteiger partial charge in [0.15, 0.2) is 11.5 Å². The van der Waals surface area contributed by atoms with Gasteiger partial charge in [-0.15, -0.1) is 0 Å². The van der Waals surface area contributed by atoms with E-state index in [1.54, 1.807) is 14.2 Å². The Kier molecular flexibility index (Phi) is 4.60. The topological polar surface area (TPSA) is 37.5 Å². The van der Waals surface area contributed by atoms with Crippen molar-refractivity contribution in [2.75, 3.05) is 27.3 Å². The van der Waals surface area contributed by atoms with E-state index >= 15 is 0 Å². The zero-order valence-electron chi connectivity index (χ0n) is 15.7. The summed E-state index contributed by atoms with van der Waals surface area (Å²) >= 11 is 0. The Balaban J connectivity index is 1.77. The highest BCUT2D eigenvalue weighted by Gasteiger charge is 2.29. The van der Waals surface area contributed by atoms with Gasteiger partial charge in [0, 0.05) is 29.7 Å². The normalized spacial score (nSPS) is 17.3. The first kappa shape index (κ1) is 17.0. The molecule has 4 heteroatoms. The Morgan fingerprint density at radius 2 is 1.88 bits per heavy atom. The van der Waals surface area contributed by atoms with Crippen LogP contribution in [0.5, 0.6) is 11.5 Å². The standard InChI is InChI=1S/C22H26N2O2/c1-4-24-10-9-15-12-21(25-2)22(26-3)13-18(15)20(24)11-16-14-23-19-8-6-5-7-17(16)19/h5-8,12-14,20,23H,4,9-11H2,1-3H3. The van der Waals surface area contributed by atoms with Crippen molar-refractivity contribution in [2.24, 2.45) is 0 Å². The van der Waals surface area contributed by atoms with Crippen LogP contribution in [0.2, 0.25) is 0 Å². The summed E-state index contributed by atoms with van der Waals surface area (Å²) in [6.07, 6.45) is 4.20. The first-order chi connectivity index (χ1) is 12.7. The zero-order valence-corrected chi connectivity index (χ0v) is 15.7. The number of hydrogen-bond acceptors (Lipinski definition) is 3. The minimum Gasteiger partial charge on any atom is -0.493 e. The number of nitrogens with one attached hydrogen (secondary N) is 1. The molecular weight excluding hydrogens is 324 g/mol. The maximum atomic E-state index is 5.58. The summed E-state index contributed by atoms with van der Waals surface area (Å²) in [5.41, 5.74) is 5.30. The number of nitrogens with zero attached hydrogens (tertiary/aromatic N) is 1. The molecule has 1 unspecified atom stereocenters. The summed E-state index contributed by atoms with van der Waals surface area (Å²) in [6.45, 7) is 4.36. The second kappa shape index (κ2) is 7.04. The van der Waals surface area contributed by atoms with E-state index in [0.29, 0.717) is 6.04 Å². The SMILES string of the molecule is CCN1CCc2cc(OC)c(OC)cc2C1Cc1c[nH]c2ccccc12. The highest BCUT2D eigenvalue weighted by Crippen LogP contribution is 2.40. The number of hydrogen-bond donors (Lipinski definition) is 1. The molecule has 0 saturated heterocycles. The number of fused-ring (bicyclic) bond motifs is 2. The molecule has 0 radical (unpaired) electrons. The minimum absolute atomic E-state index is 0.350. The Hall–Kier alpha value is -2.46. The number of methoxy groups -OCH3 is 2. The Morgan fingerprint density at radius 1 is 1.12 bits per heavy atom. The van der Waals surface area contributed by atoms with E-state index < -0.39 is 0 Å². The summed E-state index contributed by atoms with van der Waals surface area (Å²) in [5, 5.41) is 1.32. The van der Waals surface area contributed by atoms with Crippen molar-refractivity contribution in [2.45, 2.75) is 25.8 Å². The lowest BCUT2D eigenvalue weighted by Crippen LogP contribution is -2.36. The molecule has 0 fully saturated rings. The fraction of sp³-hybridized carbons (Fsp3) is 0.364. The number of rotatable bonds is 5. The number of likely N-dealkylation sites (N-methyl/N-ethyl adjacent to an activating group) is 1. The van der Waals surface area contributed by atoms with Crippen LogP contribution in [-0.4, -0.2) is 37.2 Å². The third-order valence-corrected chi connectivity index (χ3v) is 5.61. The van der Waals surface area contributed by atoms with E-state index in [-0.39, 0.29) is 0 Å². The molecule has 4 rings (SSSR count). The van der Waals surface area contributed by atoms with Gasteiger partial charge in [0.05, 0.1) is 14.2 Å². The Bertz CT molecular complexity index is 916. The molecule has 1 aliphatic heterocycles. The van der Waals surface area contributed by atoms with Crippen molar-refractivity contribution >= 4 is 10.9 Å². The van der Waals surface area contributed by atoms with Gasteiger partial charge in [0.2, 0.25) is 0 Å². The van der Waals surface area contributed by atoms with Gasteiger partial charge in [-0.25, -0.2) is 0 Å². The van der Waals surface area contributed by atoms with Crippen LogP contribution in [0, 0.1) is 0 Å². The lowest BCUT2D eigenvalue weighted by atomic mass is 9.88. The van der Waals surface area contributed by atoms with Crippen LogP contribution in [0.3, 0.4) is 0 Å². The molecule has 1 aromatic heterocycles. The predicted octanol–water partition coefficient (Wildman–Crippen LogP) is 4.35. The summed E-state index contributed by atoms with van der Waals surface area (Å²) in [6, 6.07) is 13.2. The van der Waals surface area contributed by atoms with Gasteiger partial charge in [0.1, 0.15) is 0 Å². The average Bonchev–Trinajstić information content (AvgIpc) is 3.10. The van der Waals surface area contributed by atoms with Gasteiger partial charge in [-0.05, 0) is 54.3 Å².